The second-order valence-electron chi connectivity index (χ2n) is 5.44. The molecule has 0 N–H and O–H groups in total. The van der Waals surface area contributed by atoms with Gasteiger partial charge < -0.3 is 0 Å². The van der Waals surface area contributed by atoms with Crippen LogP contribution in [-0.4, -0.2) is 19.3 Å². The third-order valence-electron chi connectivity index (χ3n) is 3.95. The zero-order chi connectivity index (χ0) is 15.4. The minimum Gasteiger partial charge on any atom is -0.207 e. The molecular formula is C18H19NO2S. The van der Waals surface area contributed by atoms with Gasteiger partial charge in [0.25, 0.3) is 0 Å². The Bertz CT molecular complexity index is 739. The van der Waals surface area contributed by atoms with Crippen molar-refractivity contribution in [1.82, 2.24) is 4.31 Å². The van der Waals surface area contributed by atoms with Crippen LogP contribution in [0.2, 0.25) is 0 Å². The second-order valence-corrected chi connectivity index (χ2v) is 7.21. The maximum atomic E-state index is 12.6. The van der Waals surface area contributed by atoms with Gasteiger partial charge in [0.15, 0.2) is 0 Å². The lowest BCUT2D eigenvalue weighted by Crippen LogP contribution is -2.28. The van der Waals surface area contributed by atoms with Crippen molar-refractivity contribution in [3.8, 4) is 0 Å². The molecule has 1 atom stereocenters. The first kappa shape index (κ1) is 15.0. The summed E-state index contributed by atoms with van der Waals surface area (Å²) in [6, 6.07) is 19.3. The highest BCUT2D eigenvalue weighted by Crippen LogP contribution is 2.34. The van der Waals surface area contributed by atoms with Crippen LogP contribution in [0.25, 0.3) is 6.08 Å². The molecule has 0 radical (unpaired) electrons. The van der Waals surface area contributed by atoms with E-state index in [9.17, 15) is 8.42 Å². The number of benzene rings is 2. The Hall–Kier alpha value is -1.91. The first-order chi connectivity index (χ1) is 10.7. The van der Waals surface area contributed by atoms with Gasteiger partial charge in [-0.1, -0.05) is 60.7 Å². The summed E-state index contributed by atoms with van der Waals surface area (Å²) >= 11 is 0. The molecule has 114 valence electrons. The van der Waals surface area contributed by atoms with Crippen LogP contribution in [-0.2, 0) is 10.0 Å². The quantitative estimate of drug-likeness (QED) is 0.860. The minimum atomic E-state index is -3.40. The summed E-state index contributed by atoms with van der Waals surface area (Å²) < 4.78 is 26.9. The highest BCUT2D eigenvalue weighted by Gasteiger charge is 2.33. The van der Waals surface area contributed by atoms with Crippen LogP contribution in [0.4, 0.5) is 0 Å². The summed E-state index contributed by atoms with van der Waals surface area (Å²) in [5.74, 6) is 0. The van der Waals surface area contributed by atoms with E-state index in [1.165, 1.54) is 5.41 Å². The normalized spacial score (nSPS) is 19.7. The van der Waals surface area contributed by atoms with Crippen molar-refractivity contribution >= 4 is 16.1 Å². The molecule has 3 nitrogen and oxygen atoms in total. The van der Waals surface area contributed by atoms with E-state index in [4.69, 9.17) is 0 Å². The molecule has 1 aliphatic rings. The highest BCUT2D eigenvalue weighted by molar-refractivity contribution is 7.92. The van der Waals surface area contributed by atoms with Crippen LogP contribution < -0.4 is 0 Å². The fourth-order valence-electron chi connectivity index (χ4n) is 2.86. The number of hydrogen-bond donors (Lipinski definition) is 0. The molecule has 1 fully saturated rings. The van der Waals surface area contributed by atoms with E-state index in [0.717, 1.165) is 24.0 Å². The number of rotatable bonds is 4. The fourth-order valence-corrected chi connectivity index (χ4v) is 4.31. The molecule has 0 saturated carbocycles. The molecule has 0 bridgehead atoms. The minimum absolute atomic E-state index is 0.0494. The van der Waals surface area contributed by atoms with Gasteiger partial charge in [0.2, 0.25) is 10.0 Å². The lowest BCUT2D eigenvalue weighted by Gasteiger charge is -2.22. The van der Waals surface area contributed by atoms with Crippen molar-refractivity contribution in [3.05, 3.63) is 77.2 Å². The Labute approximate surface area is 132 Å². The van der Waals surface area contributed by atoms with Gasteiger partial charge in [0.05, 0.1) is 6.04 Å². The molecule has 1 heterocycles. The van der Waals surface area contributed by atoms with E-state index in [1.807, 2.05) is 60.7 Å². The molecule has 0 amide bonds. The van der Waals surface area contributed by atoms with Crippen molar-refractivity contribution < 1.29 is 8.42 Å². The van der Waals surface area contributed by atoms with Gasteiger partial charge in [-0.25, -0.2) is 8.42 Å². The number of sulfonamides is 1. The SMILES string of the molecule is O=S(=O)(/C=C\c1ccccc1)N1CCC[C@@H]1c1ccccc1. The number of hydrogen-bond acceptors (Lipinski definition) is 2. The van der Waals surface area contributed by atoms with Gasteiger partial charge in [-0.15, -0.1) is 0 Å². The second kappa shape index (κ2) is 6.46. The third kappa shape index (κ3) is 3.29. The van der Waals surface area contributed by atoms with Crippen LogP contribution in [0.3, 0.4) is 0 Å². The van der Waals surface area contributed by atoms with Gasteiger partial charge >= 0.3 is 0 Å². The van der Waals surface area contributed by atoms with E-state index >= 15 is 0 Å². The summed E-state index contributed by atoms with van der Waals surface area (Å²) in [4.78, 5) is 0. The number of nitrogens with zero attached hydrogens (tertiary/aromatic N) is 1. The van der Waals surface area contributed by atoms with E-state index in [-0.39, 0.29) is 6.04 Å². The summed E-state index contributed by atoms with van der Waals surface area (Å²) in [6.45, 7) is 0.584. The zero-order valence-electron chi connectivity index (χ0n) is 12.3. The van der Waals surface area contributed by atoms with Crippen LogP contribution in [0, 0.1) is 0 Å². The Morgan fingerprint density at radius 2 is 1.59 bits per heavy atom. The van der Waals surface area contributed by atoms with Crippen molar-refractivity contribution in [2.24, 2.45) is 0 Å². The summed E-state index contributed by atoms with van der Waals surface area (Å²) in [6.07, 6.45) is 3.44. The predicted molar refractivity (Wildman–Crippen MR) is 89.5 cm³/mol. The molecule has 1 saturated heterocycles. The lowest BCUT2D eigenvalue weighted by atomic mass is 10.1. The fraction of sp³-hybridized carbons (Fsp3) is 0.222. The molecule has 2 aromatic carbocycles. The zero-order valence-corrected chi connectivity index (χ0v) is 13.1. The van der Waals surface area contributed by atoms with Crippen LogP contribution in [0.1, 0.15) is 30.0 Å². The Morgan fingerprint density at radius 1 is 0.955 bits per heavy atom. The molecule has 3 rings (SSSR count). The molecule has 2 aromatic rings. The van der Waals surface area contributed by atoms with E-state index in [2.05, 4.69) is 0 Å². The monoisotopic (exact) mass is 313 g/mol. The van der Waals surface area contributed by atoms with Gasteiger partial charge in [-0.3, -0.25) is 0 Å². The van der Waals surface area contributed by atoms with E-state index < -0.39 is 10.0 Å². The van der Waals surface area contributed by atoms with Crippen LogP contribution >= 0.6 is 0 Å². The predicted octanol–water partition coefficient (Wildman–Crippen LogP) is 3.82. The van der Waals surface area contributed by atoms with Gasteiger partial charge in [-0.2, -0.15) is 4.31 Å². The molecule has 0 aromatic heterocycles. The largest absolute Gasteiger partial charge is 0.236 e. The first-order valence-corrected chi connectivity index (χ1v) is 8.97. The summed E-state index contributed by atoms with van der Waals surface area (Å²) in [5, 5.41) is 1.32. The molecule has 1 aliphatic heterocycles. The Balaban J connectivity index is 1.84. The average Bonchev–Trinajstić information content (AvgIpc) is 3.06. The topological polar surface area (TPSA) is 37.4 Å². The van der Waals surface area contributed by atoms with Crippen molar-refractivity contribution in [3.63, 3.8) is 0 Å². The molecule has 0 spiro atoms. The van der Waals surface area contributed by atoms with Crippen molar-refractivity contribution in [2.45, 2.75) is 18.9 Å². The maximum absolute atomic E-state index is 12.6. The molecule has 0 aliphatic carbocycles. The molecular weight excluding hydrogens is 294 g/mol. The van der Waals surface area contributed by atoms with Crippen molar-refractivity contribution in [1.29, 1.82) is 0 Å². The van der Waals surface area contributed by atoms with Crippen molar-refractivity contribution in [2.75, 3.05) is 6.54 Å². The first-order valence-electron chi connectivity index (χ1n) is 7.47. The van der Waals surface area contributed by atoms with Gasteiger partial charge in [0.1, 0.15) is 0 Å². The standard InChI is InChI=1S/C18H19NO2S/c20-22(21,15-13-16-8-3-1-4-9-16)19-14-7-12-18(19)17-10-5-2-6-11-17/h1-6,8-11,13,15,18H,7,12,14H2/b15-13-/t18-/m1/s1. The molecule has 22 heavy (non-hydrogen) atoms. The summed E-state index contributed by atoms with van der Waals surface area (Å²) in [7, 11) is -3.40. The third-order valence-corrected chi connectivity index (χ3v) is 5.52. The van der Waals surface area contributed by atoms with Gasteiger partial charge in [0, 0.05) is 12.0 Å². The maximum Gasteiger partial charge on any atom is 0.236 e. The molecule has 0 unspecified atom stereocenters. The highest BCUT2D eigenvalue weighted by atomic mass is 32.2. The smallest absolute Gasteiger partial charge is 0.207 e. The van der Waals surface area contributed by atoms with Crippen LogP contribution in [0.5, 0.6) is 0 Å². The van der Waals surface area contributed by atoms with Crippen LogP contribution in [0.15, 0.2) is 66.1 Å². The Morgan fingerprint density at radius 3 is 2.27 bits per heavy atom. The van der Waals surface area contributed by atoms with Gasteiger partial charge in [-0.05, 0) is 30.0 Å². The Kier molecular flexibility index (Phi) is 4.41. The lowest BCUT2D eigenvalue weighted by molar-refractivity contribution is 0.403. The average molecular weight is 313 g/mol. The van der Waals surface area contributed by atoms with E-state index in [1.54, 1.807) is 10.4 Å². The summed E-state index contributed by atoms with van der Waals surface area (Å²) in [5.41, 5.74) is 1.96. The molecule has 4 heteroatoms. The van der Waals surface area contributed by atoms with E-state index in [0.29, 0.717) is 6.54 Å².